The Labute approximate surface area is 113 Å². The molecule has 0 unspecified atom stereocenters. The smallest absolute Gasteiger partial charge is 0.161 e. The van der Waals surface area contributed by atoms with Gasteiger partial charge in [0.1, 0.15) is 11.9 Å². The van der Waals surface area contributed by atoms with Crippen molar-refractivity contribution in [3.63, 3.8) is 0 Å². The van der Waals surface area contributed by atoms with Crippen LogP contribution in [0.5, 0.6) is 0 Å². The lowest BCUT2D eigenvalue weighted by atomic mass is 9.85. The van der Waals surface area contributed by atoms with Crippen molar-refractivity contribution in [2.24, 2.45) is 5.41 Å². The number of anilines is 1. The first-order chi connectivity index (χ1) is 8.52. The number of halogens is 1. The zero-order chi connectivity index (χ0) is 13.2. The summed E-state index contributed by atoms with van der Waals surface area (Å²) >= 11 is 5.91. The highest BCUT2D eigenvalue weighted by Crippen LogP contribution is 2.31. The topological polar surface area (TPSA) is 39.9 Å². The van der Waals surface area contributed by atoms with E-state index >= 15 is 0 Å². The molecule has 96 valence electrons. The van der Waals surface area contributed by atoms with E-state index in [1.54, 1.807) is 6.07 Å². The molecule has 0 N–H and O–H groups in total. The Kier molecular flexibility index (Phi) is 3.77. The standard InChI is InChI=1S/C14H18ClN3/c1-14(2)6-3-8-18(9-7-14)13-5-4-11(15)12(10-16)17-13/h4-5H,3,6-9H2,1-2H3. The molecule has 1 aliphatic rings. The minimum absolute atomic E-state index is 0.317. The van der Waals surface area contributed by atoms with Crippen LogP contribution in [0, 0.1) is 16.7 Å². The van der Waals surface area contributed by atoms with Crippen molar-refractivity contribution < 1.29 is 0 Å². The lowest BCUT2D eigenvalue weighted by Gasteiger charge is -2.24. The van der Waals surface area contributed by atoms with E-state index in [2.05, 4.69) is 23.7 Å². The van der Waals surface area contributed by atoms with Gasteiger partial charge in [0.25, 0.3) is 0 Å². The number of pyridine rings is 1. The largest absolute Gasteiger partial charge is 0.357 e. The number of nitriles is 1. The summed E-state index contributed by atoms with van der Waals surface area (Å²) in [4.78, 5) is 6.59. The highest BCUT2D eigenvalue weighted by Gasteiger charge is 2.23. The van der Waals surface area contributed by atoms with E-state index in [9.17, 15) is 0 Å². The van der Waals surface area contributed by atoms with Gasteiger partial charge in [0.05, 0.1) is 5.02 Å². The summed E-state index contributed by atoms with van der Waals surface area (Å²) in [6.45, 7) is 6.62. The van der Waals surface area contributed by atoms with Crippen LogP contribution in [-0.4, -0.2) is 18.1 Å². The molecular weight excluding hydrogens is 246 g/mol. The van der Waals surface area contributed by atoms with Crippen LogP contribution in [0.25, 0.3) is 0 Å². The molecule has 18 heavy (non-hydrogen) atoms. The van der Waals surface area contributed by atoms with Crippen molar-refractivity contribution in [2.45, 2.75) is 33.1 Å². The van der Waals surface area contributed by atoms with Crippen LogP contribution in [-0.2, 0) is 0 Å². The lowest BCUT2D eigenvalue weighted by molar-refractivity contribution is 0.325. The van der Waals surface area contributed by atoms with Gasteiger partial charge in [-0.2, -0.15) is 5.26 Å². The van der Waals surface area contributed by atoms with Crippen LogP contribution >= 0.6 is 11.6 Å². The maximum Gasteiger partial charge on any atom is 0.161 e. The van der Waals surface area contributed by atoms with Gasteiger partial charge >= 0.3 is 0 Å². The van der Waals surface area contributed by atoms with E-state index in [4.69, 9.17) is 16.9 Å². The third-order valence-corrected chi connectivity index (χ3v) is 3.91. The van der Waals surface area contributed by atoms with Gasteiger partial charge in [0, 0.05) is 13.1 Å². The highest BCUT2D eigenvalue weighted by molar-refractivity contribution is 6.31. The summed E-state index contributed by atoms with van der Waals surface area (Å²) in [5, 5.41) is 9.39. The quantitative estimate of drug-likeness (QED) is 0.777. The first-order valence-corrected chi connectivity index (χ1v) is 6.71. The zero-order valence-electron chi connectivity index (χ0n) is 10.9. The average molecular weight is 264 g/mol. The van der Waals surface area contributed by atoms with Crippen molar-refractivity contribution in [1.82, 2.24) is 4.98 Å². The van der Waals surface area contributed by atoms with Gasteiger partial charge in [0.2, 0.25) is 0 Å². The van der Waals surface area contributed by atoms with E-state index in [1.165, 1.54) is 12.8 Å². The van der Waals surface area contributed by atoms with Gasteiger partial charge in [-0.15, -0.1) is 0 Å². The molecule has 1 saturated heterocycles. The first-order valence-electron chi connectivity index (χ1n) is 6.33. The monoisotopic (exact) mass is 263 g/mol. The molecule has 0 bridgehead atoms. The molecule has 0 atom stereocenters. The van der Waals surface area contributed by atoms with E-state index in [0.717, 1.165) is 25.3 Å². The number of rotatable bonds is 1. The molecular formula is C14H18ClN3. The fraction of sp³-hybridized carbons (Fsp3) is 0.571. The third kappa shape index (κ3) is 2.94. The number of hydrogen-bond donors (Lipinski definition) is 0. The summed E-state index contributed by atoms with van der Waals surface area (Å²) in [7, 11) is 0. The molecule has 4 heteroatoms. The van der Waals surface area contributed by atoms with Gasteiger partial charge < -0.3 is 4.90 Å². The second-order valence-corrected chi connectivity index (χ2v) is 6.02. The maximum absolute atomic E-state index is 8.96. The normalized spacial score (nSPS) is 19.1. The predicted octanol–water partition coefficient (Wildman–Crippen LogP) is 3.62. The molecule has 1 aliphatic heterocycles. The maximum atomic E-state index is 8.96. The second-order valence-electron chi connectivity index (χ2n) is 5.62. The minimum atomic E-state index is 0.317. The van der Waals surface area contributed by atoms with Gasteiger partial charge in [-0.05, 0) is 36.8 Å². The molecule has 0 saturated carbocycles. The van der Waals surface area contributed by atoms with Crippen molar-refractivity contribution >= 4 is 17.4 Å². The highest BCUT2D eigenvalue weighted by atomic mass is 35.5. The molecule has 1 fully saturated rings. The van der Waals surface area contributed by atoms with Crippen molar-refractivity contribution in [3.05, 3.63) is 22.8 Å². The Bertz CT molecular complexity index is 476. The predicted molar refractivity (Wildman–Crippen MR) is 73.8 cm³/mol. The molecule has 1 aromatic rings. The molecule has 1 aromatic heterocycles. The van der Waals surface area contributed by atoms with E-state index in [0.29, 0.717) is 16.1 Å². The average Bonchev–Trinajstić information content (AvgIpc) is 2.51. The molecule has 2 heterocycles. The Balaban J connectivity index is 2.19. The lowest BCUT2D eigenvalue weighted by Crippen LogP contribution is -2.26. The van der Waals surface area contributed by atoms with Gasteiger partial charge in [-0.3, -0.25) is 0 Å². The third-order valence-electron chi connectivity index (χ3n) is 3.60. The van der Waals surface area contributed by atoms with Gasteiger partial charge in [-0.25, -0.2) is 4.98 Å². The number of aromatic nitrogens is 1. The minimum Gasteiger partial charge on any atom is -0.357 e. The Hall–Kier alpha value is -1.27. The van der Waals surface area contributed by atoms with Crippen LogP contribution in [0.15, 0.2) is 12.1 Å². The van der Waals surface area contributed by atoms with Crippen molar-refractivity contribution in [1.29, 1.82) is 5.26 Å². The SMILES string of the molecule is CC1(C)CCCN(c2ccc(Cl)c(C#N)n2)CC1. The number of hydrogen-bond acceptors (Lipinski definition) is 3. The van der Waals surface area contributed by atoms with E-state index in [-0.39, 0.29) is 0 Å². The molecule has 0 aliphatic carbocycles. The summed E-state index contributed by atoms with van der Waals surface area (Å²) in [6, 6.07) is 5.70. The van der Waals surface area contributed by atoms with Crippen molar-refractivity contribution in [3.8, 4) is 6.07 Å². The zero-order valence-corrected chi connectivity index (χ0v) is 11.7. The summed E-state index contributed by atoms with van der Waals surface area (Å²) in [5.74, 6) is 0.869. The molecule has 0 amide bonds. The van der Waals surface area contributed by atoms with Crippen LogP contribution < -0.4 is 4.90 Å². The van der Waals surface area contributed by atoms with Gasteiger partial charge in [0.15, 0.2) is 5.69 Å². The van der Waals surface area contributed by atoms with Crippen LogP contribution in [0.2, 0.25) is 5.02 Å². The summed E-state index contributed by atoms with van der Waals surface area (Å²) in [5.41, 5.74) is 0.719. The van der Waals surface area contributed by atoms with Crippen LogP contribution in [0.1, 0.15) is 38.8 Å². The Morgan fingerprint density at radius 1 is 1.33 bits per heavy atom. The fourth-order valence-corrected chi connectivity index (χ4v) is 2.49. The second kappa shape index (κ2) is 5.16. The Morgan fingerprint density at radius 3 is 2.83 bits per heavy atom. The van der Waals surface area contributed by atoms with E-state index < -0.39 is 0 Å². The molecule has 0 spiro atoms. The number of nitrogens with zero attached hydrogens (tertiary/aromatic N) is 3. The van der Waals surface area contributed by atoms with Gasteiger partial charge in [-0.1, -0.05) is 25.4 Å². The first kappa shape index (κ1) is 13.2. The molecule has 0 aromatic carbocycles. The summed E-state index contributed by atoms with van der Waals surface area (Å²) < 4.78 is 0. The fourth-order valence-electron chi connectivity index (χ4n) is 2.34. The van der Waals surface area contributed by atoms with Crippen LogP contribution in [0.3, 0.4) is 0 Å². The van der Waals surface area contributed by atoms with E-state index in [1.807, 2.05) is 12.1 Å². The molecule has 3 nitrogen and oxygen atoms in total. The molecule has 2 rings (SSSR count). The summed E-state index contributed by atoms with van der Waals surface area (Å²) in [6.07, 6.45) is 3.56. The van der Waals surface area contributed by atoms with Crippen molar-refractivity contribution in [2.75, 3.05) is 18.0 Å². The van der Waals surface area contributed by atoms with Crippen LogP contribution in [0.4, 0.5) is 5.82 Å². The molecule has 0 radical (unpaired) electrons. The Morgan fingerprint density at radius 2 is 2.11 bits per heavy atom.